The second kappa shape index (κ2) is 5.68. The average Bonchev–Trinajstić information content (AvgIpc) is 2.75. The molecule has 2 rings (SSSR count). The van der Waals surface area contributed by atoms with Crippen LogP contribution < -0.4 is 5.32 Å². The van der Waals surface area contributed by atoms with Crippen molar-refractivity contribution in [3.8, 4) is 0 Å². The maximum Gasteiger partial charge on any atom is 0.235 e. The van der Waals surface area contributed by atoms with Gasteiger partial charge in [0.05, 0.1) is 0 Å². The van der Waals surface area contributed by atoms with E-state index in [0.717, 1.165) is 16.5 Å². The Morgan fingerprint density at radius 2 is 2.41 bits per heavy atom. The molecule has 3 atom stereocenters. The van der Waals surface area contributed by atoms with E-state index < -0.39 is 0 Å². The molecule has 0 aromatic heterocycles. The van der Waals surface area contributed by atoms with Crippen molar-refractivity contribution < 1.29 is 4.79 Å². The van der Waals surface area contributed by atoms with E-state index >= 15 is 0 Å². The zero-order valence-electron chi connectivity index (χ0n) is 9.58. The van der Waals surface area contributed by atoms with Crippen LogP contribution in [0.2, 0.25) is 0 Å². The van der Waals surface area contributed by atoms with Crippen LogP contribution in [0.4, 0.5) is 0 Å². The number of nitrogens with one attached hydrogen (secondary N) is 1. The molecule has 0 spiro atoms. The van der Waals surface area contributed by atoms with Crippen molar-refractivity contribution in [1.82, 2.24) is 5.32 Å². The molecule has 0 aromatic rings. The second-order valence-electron chi connectivity index (χ2n) is 4.43. The van der Waals surface area contributed by atoms with Crippen LogP contribution in [0.25, 0.3) is 0 Å². The number of halogens is 2. The highest BCUT2D eigenvalue weighted by Gasteiger charge is 2.34. The summed E-state index contributed by atoms with van der Waals surface area (Å²) >= 11 is 13.6. The number of amides is 1. The monoisotopic (exact) mass is 291 g/mol. The molecule has 5 heteroatoms. The van der Waals surface area contributed by atoms with Crippen LogP contribution in [-0.2, 0) is 4.79 Å². The summed E-state index contributed by atoms with van der Waals surface area (Å²) in [6, 6.07) is 0.00917. The van der Waals surface area contributed by atoms with Gasteiger partial charge in [0.1, 0.15) is 5.88 Å². The van der Waals surface area contributed by atoms with Crippen LogP contribution >= 0.6 is 35.0 Å². The van der Waals surface area contributed by atoms with Crippen LogP contribution in [0, 0.1) is 11.8 Å². The topological polar surface area (TPSA) is 29.1 Å². The van der Waals surface area contributed by atoms with Gasteiger partial charge in [-0.25, -0.2) is 0 Å². The molecule has 1 fully saturated rings. The maximum absolute atomic E-state index is 11.3. The first kappa shape index (κ1) is 13.3. The van der Waals surface area contributed by atoms with Crippen LogP contribution in [0.15, 0.2) is 22.8 Å². The van der Waals surface area contributed by atoms with Gasteiger partial charge in [-0.2, -0.15) is 11.8 Å². The fourth-order valence-corrected chi connectivity index (χ4v) is 4.20. The minimum absolute atomic E-state index is 0.00400. The van der Waals surface area contributed by atoms with Gasteiger partial charge in [0.15, 0.2) is 0 Å². The molecule has 0 radical (unpaired) electrons. The third-order valence-corrected chi connectivity index (χ3v) is 4.92. The Morgan fingerprint density at radius 3 is 3.12 bits per heavy atom. The van der Waals surface area contributed by atoms with E-state index in [0.29, 0.717) is 11.8 Å². The highest BCUT2D eigenvalue weighted by Crippen LogP contribution is 2.41. The Labute approximate surface area is 116 Å². The first-order valence-corrected chi connectivity index (χ1v) is 7.70. The van der Waals surface area contributed by atoms with Crippen molar-refractivity contribution in [2.45, 2.75) is 13.0 Å². The molecule has 0 aromatic carbocycles. The number of hydrogen-bond acceptors (Lipinski definition) is 2. The quantitative estimate of drug-likeness (QED) is 0.810. The van der Waals surface area contributed by atoms with Crippen molar-refractivity contribution in [2.75, 3.05) is 17.4 Å². The fraction of sp³-hybridized carbons (Fsp3) is 0.583. The predicted octanol–water partition coefficient (Wildman–Crippen LogP) is 2.77. The van der Waals surface area contributed by atoms with Gasteiger partial charge in [-0.15, -0.1) is 11.6 Å². The Hall–Kier alpha value is -0.120. The van der Waals surface area contributed by atoms with Crippen molar-refractivity contribution >= 4 is 40.9 Å². The van der Waals surface area contributed by atoms with Gasteiger partial charge < -0.3 is 5.32 Å². The minimum Gasteiger partial charge on any atom is -0.349 e. The van der Waals surface area contributed by atoms with Gasteiger partial charge in [0, 0.05) is 22.6 Å². The number of rotatable bonds is 3. The van der Waals surface area contributed by atoms with Gasteiger partial charge in [0.2, 0.25) is 5.91 Å². The standard InChI is InChI=1S/C12H15Cl2NOS/c1-7(15-12(16)4-13)10-3-9(14)2-8-5-17-6-11(8)10/h2-3,7-8,11H,4-6H2,1H3,(H,15,16). The van der Waals surface area contributed by atoms with E-state index in [1.54, 1.807) is 0 Å². The Bertz CT molecular complexity index is 381. The number of thioether (sulfide) groups is 1. The first-order chi connectivity index (χ1) is 8.11. The molecule has 2 aliphatic rings. The lowest BCUT2D eigenvalue weighted by Crippen LogP contribution is -2.38. The van der Waals surface area contributed by atoms with E-state index in [2.05, 4.69) is 11.4 Å². The predicted molar refractivity (Wildman–Crippen MR) is 74.6 cm³/mol. The number of carbonyl (C=O) groups excluding carboxylic acids is 1. The third kappa shape index (κ3) is 3.01. The summed E-state index contributed by atoms with van der Waals surface area (Å²) in [5.74, 6) is 3.13. The number of hydrogen-bond donors (Lipinski definition) is 1. The van der Waals surface area contributed by atoms with Crippen LogP contribution in [0.3, 0.4) is 0 Å². The lowest BCUT2D eigenvalue weighted by atomic mass is 9.81. The Kier molecular flexibility index (Phi) is 4.45. The minimum atomic E-state index is -0.132. The molecule has 1 amide bonds. The molecule has 1 saturated heterocycles. The second-order valence-corrected chi connectivity index (χ2v) is 6.21. The smallest absolute Gasteiger partial charge is 0.235 e. The fourth-order valence-electron chi connectivity index (χ4n) is 2.41. The largest absolute Gasteiger partial charge is 0.349 e. The highest BCUT2D eigenvalue weighted by molar-refractivity contribution is 7.99. The van der Waals surface area contributed by atoms with E-state index in [-0.39, 0.29) is 17.8 Å². The van der Waals surface area contributed by atoms with Gasteiger partial charge in [-0.05, 0) is 30.4 Å². The molecular weight excluding hydrogens is 277 g/mol. The molecule has 17 heavy (non-hydrogen) atoms. The summed E-state index contributed by atoms with van der Waals surface area (Å²) in [6.45, 7) is 1.99. The molecule has 94 valence electrons. The van der Waals surface area contributed by atoms with E-state index in [1.165, 1.54) is 5.57 Å². The molecule has 0 saturated carbocycles. The zero-order chi connectivity index (χ0) is 12.4. The molecule has 1 N–H and O–H groups in total. The number of alkyl halides is 1. The number of fused-ring (bicyclic) bond motifs is 1. The maximum atomic E-state index is 11.3. The number of carbonyl (C=O) groups is 1. The molecular formula is C12H15Cl2NOS. The summed E-state index contributed by atoms with van der Waals surface area (Å²) in [7, 11) is 0. The van der Waals surface area contributed by atoms with E-state index in [1.807, 2.05) is 24.8 Å². The molecule has 3 unspecified atom stereocenters. The van der Waals surface area contributed by atoms with Gasteiger partial charge in [-0.3, -0.25) is 4.79 Å². The lowest BCUT2D eigenvalue weighted by molar-refractivity contribution is -0.119. The zero-order valence-corrected chi connectivity index (χ0v) is 11.9. The SMILES string of the molecule is CC(NC(=O)CCl)C1=CC(Cl)=CC2CSCC12. The van der Waals surface area contributed by atoms with Crippen LogP contribution in [-0.4, -0.2) is 29.3 Å². The van der Waals surface area contributed by atoms with Crippen molar-refractivity contribution in [3.63, 3.8) is 0 Å². The molecule has 1 aliphatic heterocycles. The van der Waals surface area contributed by atoms with E-state index in [9.17, 15) is 4.79 Å². The number of allylic oxidation sites excluding steroid dienone is 3. The summed E-state index contributed by atoms with van der Waals surface area (Å²) in [4.78, 5) is 11.3. The molecule has 1 heterocycles. The Balaban J connectivity index is 2.13. The van der Waals surface area contributed by atoms with E-state index in [4.69, 9.17) is 23.2 Å². The van der Waals surface area contributed by atoms with Crippen LogP contribution in [0.1, 0.15) is 6.92 Å². The van der Waals surface area contributed by atoms with Crippen LogP contribution in [0.5, 0.6) is 0 Å². The lowest BCUT2D eigenvalue weighted by Gasteiger charge is -2.28. The van der Waals surface area contributed by atoms with Gasteiger partial charge >= 0.3 is 0 Å². The third-order valence-electron chi connectivity index (χ3n) is 3.23. The molecule has 0 bridgehead atoms. The summed E-state index contributed by atoms with van der Waals surface area (Å²) < 4.78 is 0. The molecule has 2 nitrogen and oxygen atoms in total. The van der Waals surface area contributed by atoms with Gasteiger partial charge in [0.25, 0.3) is 0 Å². The van der Waals surface area contributed by atoms with Crippen molar-refractivity contribution in [3.05, 3.63) is 22.8 Å². The first-order valence-electron chi connectivity index (χ1n) is 5.63. The summed E-state index contributed by atoms with van der Waals surface area (Å²) in [6.07, 6.45) is 4.12. The normalized spacial score (nSPS) is 29.1. The Morgan fingerprint density at radius 1 is 1.65 bits per heavy atom. The summed E-state index contributed by atoms with van der Waals surface area (Å²) in [5.41, 5.74) is 1.23. The van der Waals surface area contributed by atoms with Crippen molar-refractivity contribution in [2.24, 2.45) is 11.8 Å². The highest BCUT2D eigenvalue weighted by atomic mass is 35.5. The average molecular weight is 292 g/mol. The molecule has 1 aliphatic carbocycles. The summed E-state index contributed by atoms with van der Waals surface area (Å²) in [5, 5.41) is 3.69. The van der Waals surface area contributed by atoms with Crippen molar-refractivity contribution in [1.29, 1.82) is 0 Å². The van der Waals surface area contributed by atoms with Gasteiger partial charge in [-0.1, -0.05) is 17.7 Å².